The Morgan fingerprint density at radius 3 is 2.20 bits per heavy atom. The van der Waals surface area contributed by atoms with Gasteiger partial charge in [0.05, 0.1) is 0 Å². The van der Waals surface area contributed by atoms with Gasteiger partial charge in [-0.3, -0.25) is 14.5 Å². The second-order valence-corrected chi connectivity index (χ2v) is 4.21. The first kappa shape index (κ1) is 12.2. The predicted molar refractivity (Wildman–Crippen MR) is 59.3 cm³/mol. The molecule has 0 bridgehead atoms. The van der Waals surface area contributed by atoms with Gasteiger partial charge >= 0.3 is 0 Å². The number of hydrogen-bond acceptors (Lipinski definition) is 2. The minimum absolute atomic E-state index is 0.0294. The minimum Gasteiger partial charge on any atom is -0.283 e. The molecule has 0 unspecified atom stereocenters. The van der Waals surface area contributed by atoms with Gasteiger partial charge in [-0.15, -0.1) is 0 Å². The van der Waals surface area contributed by atoms with Gasteiger partial charge in [-0.05, 0) is 12.8 Å². The Kier molecular flexibility index (Phi) is 5.37. The van der Waals surface area contributed by atoms with Crippen LogP contribution in [0.25, 0.3) is 0 Å². The smallest absolute Gasteiger partial charge is 0.229 e. The van der Waals surface area contributed by atoms with Crippen molar-refractivity contribution >= 4 is 11.8 Å². The third-order valence-electron chi connectivity index (χ3n) is 2.87. The van der Waals surface area contributed by atoms with Crippen molar-refractivity contribution in [2.24, 2.45) is 0 Å². The first-order valence-corrected chi connectivity index (χ1v) is 6.09. The molecule has 0 spiro atoms. The highest BCUT2D eigenvalue weighted by Crippen LogP contribution is 2.13. The standard InChI is InChI=1S/C12H21NO2/c1-2-3-4-5-6-10-13-11(14)8-7-9-12(13)15/h2-10H2,1H3. The fourth-order valence-electron chi connectivity index (χ4n) is 1.92. The van der Waals surface area contributed by atoms with E-state index >= 15 is 0 Å². The normalized spacial score (nSPS) is 17.3. The topological polar surface area (TPSA) is 37.4 Å². The van der Waals surface area contributed by atoms with Crippen molar-refractivity contribution in [2.75, 3.05) is 6.54 Å². The summed E-state index contributed by atoms with van der Waals surface area (Å²) >= 11 is 0. The number of carbonyl (C=O) groups is 2. The number of nitrogens with zero attached hydrogens (tertiary/aromatic N) is 1. The lowest BCUT2D eigenvalue weighted by Crippen LogP contribution is -2.40. The van der Waals surface area contributed by atoms with E-state index in [2.05, 4.69) is 6.92 Å². The molecule has 0 aliphatic carbocycles. The Hall–Kier alpha value is -0.860. The fraction of sp³-hybridized carbons (Fsp3) is 0.833. The van der Waals surface area contributed by atoms with Gasteiger partial charge in [0.25, 0.3) is 0 Å². The second kappa shape index (κ2) is 6.59. The summed E-state index contributed by atoms with van der Waals surface area (Å²) in [5.74, 6) is 0.0588. The lowest BCUT2D eigenvalue weighted by molar-refractivity contribution is -0.147. The van der Waals surface area contributed by atoms with Gasteiger partial charge in [-0.1, -0.05) is 32.6 Å². The zero-order valence-electron chi connectivity index (χ0n) is 9.63. The van der Waals surface area contributed by atoms with Gasteiger partial charge in [0.15, 0.2) is 0 Å². The van der Waals surface area contributed by atoms with Crippen LogP contribution in [0.15, 0.2) is 0 Å². The average molecular weight is 211 g/mol. The number of likely N-dealkylation sites (tertiary alicyclic amines) is 1. The summed E-state index contributed by atoms with van der Waals surface area (Å²) in [6.07, 6.45) is 7.64. The number of carbonyl (C=O) groups excluding carboxylic acids is 2. The Bertz CT molecular complexity index is 210. The van der Waals surface area contributed by atoms with Crippen molar-refractivity contribution in [3.05, 3.63) is 0 Å². The summed E-state index contributed by atoms with van der Waals surface area (Å²) in [5.41, 5.74) is 0. The zero-order chi connectivity index (χ0) is 11.1. The number of imide groups is 1. The molecule has 1 aliphatic heterocycles. The van der Waals surface area contributed by atoms with Gasteiger partial charge in [0, 0.05) is 19.4 Å². The number of amides is 2. The third kappa shape index (κ3) is 4.02. The molecule has 1 aliphatic rings. The number of hydrogen-bond donors (Lipinski definition) is 0. The van der Waals surface area contributed by atoms with E-state index in [1.54, 1.807) is 0 Å². The van der Waals surface area contributed by atoms with E-state index in [0.29, 0.717) is 19.4 Å². The molecule has 0 saturated carbocycles. The van der Waals surface area contributed by atoms with Crippen molar-refractivity contribution in [3.8, 4) is 0 Å². The van der Waals surface area contributed by atoms with Crippen LogP contribution < -0.4 is 0 Å². The zero-order valence-corrected chi connectivity index (χ0v) is 9.63. The van der Waals surface area contributed by atoms with Crippen molar-refractivity contribution in [1.29, 1.82) is 0 Å². The van der Waals surface area contributed by atoms with E-state index in [9.17, 15) is 9.59 Å². The van der Waals surface area contributed by atoms with E-state index in [1.165, 1.54) is 24.2 Å². The molecule has 0 N–H and O–H groups in total. The Morgan fingerprint density at radius 2 is 1.60 bits per heavy atom. The van der Waals surface area contributed by atoms with E-state index < -0.39 is 0 Å². The molecule has 3 heteroatoms. The molecule has 0 radical (unpaired) electrons. The molecule has 86 valence electrons. The van der Waals surface area contributed by atoms with Gasteiger partial charge < -0.3 is 0 Å². The molecule has 2 amide bonds. The molecule has 0 aromatic rings. The number of rotatable bonds is 6. The van der Waals surface area contributed by atoms with Crippen LogP contribution in [0.1, 0.15) is 58.3 Å². The second-order valence-electron chi connectivity index (χ2n) is 4.21. The van der Waals surface area contributed by atoms with Crippen molar-refractivity contribution in [1.82, 2.24) is 4.90 Å². The van der Waals surface area contributed by atoms with Crippen LogP contribution in [0, 0.1) is 0 Å². The van der Waals surface area contributed by atoms with Crippen LogP contribution in [-0.2, 0) is 9.59 Å². The molecular weight excluding hydrogens is 190 g/mol. The lowest BCUT2D eigenvalue weighted by Gasteiger charge is -2.24. The summed E-state index contributed by atoms with van der Waals surface area (Å²) in [6.45, 7) is 2.82. The van der Waals surface area contributed by atoms with Crippen LogP contribution >= 0.6 is 0 Å². The van der Waals surface area contributed by atoms with Gasteiger partial charge in [-0.2, -0.15) is 0 Å². The molecule has 0 aromatic carbocycles. The van der Waals surface area contributed by atoms with Crippen LogP contribution in [0.3, 0.4) is 0 Å². The van der Waals surface area contributed by atoms with Crippen LogP contribution in [0.4, 0.5) is 0 Å². The molecule has 1 heterocycles. The summed E-state index contributed by atoms with van der Waals surface area (Å²) < 4.78 is 0. The van der Waals surface area contributed by atoms with Crippen LogP contribution in [0.2, 0.25) is 0 Å². The maximum Gasteiger partial charge on any atom is 0.229 e. The van der Waals surface area contributed by atoms with E-state index in [-0.39, 0.29) is 11.8 Å². The summed E-state index contributed by atoms with van der Waals surface area (Å²) in [6, 6.07) is 0. The predicted octanol–water partition coefficient (Wildman–Crippen LogP) is 2.50. The van der Waals surface area contributed by atoms with Gasteiger partial charge in [-0.25, -0.2) is 0 Å². The SMILES string of the molecule is CCCCCCCN1C(=O)CCCC1=O. The van der Waals surface area contributed by atoms with Crippen molar-refractivity contribution in [3.63, 3.8) is 0 Å². The van der Waals surface area contributed by atoms with Crippen LogP contribution in [0.5, 0.6) is 0 Å². The third-order valence-corrected chi connectivity index (χ3v) is 2.87. The van der Waals surface area contributed by atoms with Gasteiger partial charge in [0.2, 0.25) is 11.8 Å². The van der Waals surface area contributed by atoms with Gasteiger partial charge in [0.1, 0.15) is 0 Å². The molecule has 0 aromatic heterocycles. The van der Waals surface area contributed by atoms with E-state index in [1.807, 2.05) is 0 Å². The monoisotopic (exact) mass is 211 g/mol. The highest BCUT2D eigenvalue weighted by molar-refractivity contribution is 5.97. The Morgan fingerprint density at radius 1 is 1.00 bits per heavy atom. The molecule has 1 saturated heterocycles. The van der Waals surface area contributed by atoms with E-state index in [0.717, 1.165) is 19.3 Å². The fourth-order valence-corrected chi connectivity index (χ4v) is 1.92. The Labute approximate surface area is 91.8 Å². The van der Waals surface area contributed by atoms with Crippen molar-refractivity contribution < 1.29 is 9.59 Å². The highest BCUT2D eigenvalue weighted by atomic mass is 16.2. The molecule has 15 heavy (non-hydrogen) atoms. The molecule has 3 nitrogen and oxygen atoms in total. The summed E-state index contributed by atoms with van der Waals surface area (Å²) in [4.78, 5) is 24.3. The maximum absolute atomic E-state index is 11.4. The molecule has 1 rings (SSSR count). The van der Waals surface area contributed by atoms with Crippen LogP contribution in [-0.4, -0.2) is 23.3 Å². The molecule has 0 atom stereocenters. The largest absolute Gasteiger partial charge is 0.283 e. The number of piperidine rings is 1. The quantitative estimate of drug-likeness (QED) is 0.500. The first-order valence-electron chi connectivity index (χ1n) is 6.09. The average Bonchev–Trinajstić information content (AvgIpc) is 2.21. The summed E-state index contributed by atoms with van der Waals surface area (Å²) in [7, 11) is 0. The molecule has 1 fully saturated rings. The highest BCUT2D eigenvalue weighted by Gasteiger charge is 2.24. The van der Waals surface area contributed by atoms with Crippen molar-refractivity contribution in [2.45, 2.75) is 58.3 Å². The summed E-state index contributed by atoms with van der Waals surface area (Å²) in [5, 5.41) is 0. The van der Waals surface area contributed by atoms with E-state index in [4.69, 9.17) is 0 Å². The Balaban J connectivity index is 2.18. The minimum atomic E-state index is 0.0294. The lowest BCUT2D eigenvalue weighted by atomic mass is 10.1. The maximum atomic E-state index is 11.4. The molecular formula is C12H21NO2. The number of unbranched alkanes of at least 4 members (excludes halogenated alkanes) is 4. The first-order chi connectivity index (χ1) is 7.25.